The largest absolute Gasteiger partial charge is 0.458 e. The van der Waals surface area contributed by atoms with Crippen molar-refractivity contribution in [3.05, 3.63) is 0 Å². The molecular weight excluding hydrogens is 372 g/mol. The first-order valence-corrected chi connectivity index (χ1v) is 11.3. The fourth-order valence-corrected chi connectivity index (χ4v) is 8.11. The maximum absolute atomic E-state index is 12.9. The number of esters is 1. The lowest BCUT2D eigenvalue weighted by Gasteiger charge is -2.62. The molecule has 0 aromatic rings. The van der Waals surface area contributed by atoms with Crippen LogP contribution in [0.15, 0.2) is 0 Å². The summed E-state index contributed by atoms with van der Waals surface area (Å²) < 4.78 is 4.90. The zero-order valence-corrected chi connectivity index (χ0v) is 17.9. The Morgan fingerprint density at radius 1 is 1.07 bits per heavy atom. The average molecular weight is 409 g/mol. The van der Waals surface area contributed by atoms with Crippen LogP contribution in [0.4, 0.5) is 0 Å². The number of hydrogen-bond acceptors (Lipinski definition) is 6. The molecule has 0 aromatic carbocycles. The Balaban J connectivity index is 1.62. The number of aliphatic hydroxyl groups is 3. The molecule has 4 fully saturated rings. The first kappa shape index (κ1) is 21.3. The van der Waals surface area contributed by atoms with Gasteiger partial charge in [0.05, 0.1) is 12.2 Å². The number of Topliss-reactive ketones (excluding diaryl/α,β-unsaturated/α-hetero) is 1. The summed E-state index contributed by atoms with van der Waals surface area (Å²) in [6.07, 6.45) is 5.26. The van der Waals surface area contributed by atoms with Crippen LogP contribution in [0.1, 0.15) is 72.1 Å². The molecular formula is C23H36O6. The molecule has 0 radical (unpaired) electrons. The molecule has 0 unspecified atom stereocenters. The van der Waals surface area contributed by atoms with Gasteiger partial charge in [-0.2, -0.15) is 0 Å². The van der Waals surface area contributed by atoms with E-state index in [9.17, 15) is 24.9 Å². The first-order valence-electron chi connectivity index (χ1n) is 11.3. The highest BCUT2D eigenvalue weighted by Crippen LogP contribution is 2.68. The van der Waals surface area contributed by atoms with E-state index in [1.54, 1.807) is 0 Å². The van der Waals surface area contributed by atoms with Gasteiger partial charge in [0.1, 0.15) is 5.60 Å². The standard InChI is InChI=1S/C23H36O6/c1-13(24)29-12-19(27)23(28)9-7-17-16-5-4-14-10-15(25)6-8-21(14,2)20(16)18(26)11-22(17,23)3/h14-18,20,25-26,28H,4-12H2,1-3H3/t14-,15-,16+,17-,18+,20+,21+,22+,23+/m1/s1. The highest BCUT2D eigenvalue weighted by atomic mass is 16.5. The van der Waals surface area contributed by atoms with Crippen molar-refractivity contribution < 1.29 is 29.6 Å². The van der Waals surface area contributed by atoms with Crippen molar-refractivity contribution in [3.63, 3.8) is 0 Å². The van der Waals surface area contributed by atoms with Gasteiger partial charge in [-0.05, 0) is 80.5 Å². The second-order valence-corrected chi connectivity index (χ2v) is 10.8. The van der Waals surface area contributed by atoms with E-state index in [-0.39, 0.29) is 29.3 Å². The molecule has 164 valence electrons. The Labute approximate surface area is 173 Å². The number of ketones is 1. The van der Waals surface area contributed by atoms with Crippen LogP contribution in [0, 0.1) is 34.5 Å². The number of rotatable bonds is 3. The summed E-state index contributed by atoms with van der Waals surface area (Å²) in [6.45, 7) is 5.09. The van der Waals surface area contributed by atoms with Gasteiger partial charge in [-0.3, -0.25) is 9.59 Å². The molecule has 4 rings (SSSR count). The normalized spacial score (nSPS) is 51.5. The smallest absolute Gasteiger partial charge is 0.303 e. The minimum atomic E-state index is -1.56. The van der Waals surface area contributed by atoms with E-state index in [0.717, 1.165) is 38.5 Å². The highest BCUT2D eigenvalue weighted by Gasteiger charge is 2.68. The van der Waals surface area contributed by atoms with Crippen molar-refractivity contribution in [1.29, 1.82) is 0 Å². The molecule has 6 nitrogen and oxygen atoms in total. The van der Waals surface area contributed by atoms with Gasteiger partial charge in [0.2, 0.25) is 5.78 Å². The van der Waals surface area contributed by atoms with Gasteiger partial charge in [-0.25, -0.2) is 0 Å². The van der Waals surface area contributed by atoms with Crippen molar-refractivity contribution in [3.8, 4) is 0 Å². The molecule has 4 aliphatic carbocycles. The third kappa shape index (κ3) is 3.01. The van der Waals surface area contributed by atoms with Gasteiger partial charge in [-0.15, -0.1) is 0 Å². The molecule has 0 saturated heterocycles. The quantitative estimate of drug-likeness (QED) is 0.619. The lowest BCUT2D eigenvalue weighted by Crippen LogP contribution is -2.63. The third-order valence-corrected chi connectivity index (χ3v) is 9.59. The number of fused-ring (bicyclic) bond motifs is 5. The van der Waals surface area contributed by atoms with E-state index >= 15 is 0 Å². The van der Waals surface area contributed by atoms with Crippen LogP contribution in [0.3, 0.4) is 0 Å². The summed E-state index contributed by atoms with van der Waals surface area (Å²) >= 11 is 0. The summed E-state index contributed by atoms with van der Waals surface area (Å²) in [5.41, 5.74) is -2.26. The van der Waals surface area contributed by atoms with E-state index < -0.39 is 35.5 Å². The van der Waals surface area contributed by atoms with Crippen LogP contribution < -0.4 is 0 Å². The van der Waals surface area contributed by atoms with Crippen LogP contribution in [0.5, 0.6) is 0 Å². The van der Waals surface area contributed by atoms with Crippen molar-refractivity contribution in [2.45, 2.75) is 89.9 Å². The minimum absolute atomic E-state index is 0.00531. The molecule has 0 bridgehead atoms. The molecule has 0 spiro atoms. The molecule has 4 aliphatic rings. The molecule has 4 saturated carbocycles. The Hall–Kier alpha value is -0.980. The molecule has 0 aliphatic heterocycles. The van der Waals surface area contributed by atoms with Gasteiger partial charge >= 0.3 is 5.97 Å². The molecule has 0 heterocycles. The fourth-order valence-electron chi connectivity index (χ4n) is 8.11. The van der Waals surface area contributed by atoms with Gasteiger partial charge < -0.3 is 20.1 Å². The van der Waals surface area contributed by atoms with Crippen molar-refractivity contribution in [2.24, 2.45) is 34.5 Å². The van der Waals surface area contributed by atoms with Crippen molar-refractivity contribution >= 4 is 11.8 Å². The zero-order chi connectivity index (χ0) is 21.2. The maximum Gasteiger partial charge on any atom is 0.303 e. The molecule has 6 heteroatoms. The molecule has 3 N–H and O–H groups in total. The van der Waals surface area contributed by atoms with Gasteiger partial charge in [0.15, 0.2) is 6.61 Å². The number of ether oxygens (including phenoxy) is 1. The van der Waals surface area contributed by atoms with Crippen LogP contribution in [0.2, 0.25) is 0 Å². The highest BCUT2D eigenvalue weighted by molar-refractivity contribution is 5.90. The Bertz CT molecular complexity index is 693. The zero-order valence-electron chi connectivity index (χ0n) is 17.9. The predicted molar refractivity (Wildman–Crippen MR) is 106 cm³/mol. The monoisotopic (exact) mass is 408 g/mol. The van der Waals surface area contributed by atoms with Crippen LogP contribution >= 0.6 is 0 Å². The Kier molecular flexibility index (Phi) is 5.15. The van der Waals surface area contributed by atoms with Crippen molar-refractivity contribution in [1.82, 2.24) is 0 Å². The second kappa shape index (κ2) is 7.03. The van der Waals surface area contributed by atoms with Crippen molar-refractivity contribution in [2.75, 3.05) is 6.61 Å². The first-order chi connectivity index (χ1) is 13.5. The topological polar surface area (TPSA) is 104 Å². The van der Waals surface area contributed by atoms with Gasteiger partial charge in [0, 0.05) is 12.3 Å². The summed E-state index contributed by atoms with van der Waals surface area (Å²) in [5.74, 6) is 0.0536. The van der Waals surface area contributed by atoms with E-state index in [0.29, 0.717) is 18.8 Å². The maximum atomic E-state index is 12.9. The summed E-state index contributed by atoms with van der Waals surface area (Å²) in [5, 5.41) is 33.0. The molecule has 9 atom stereocenters. The van der Waals surface area contributed by atoms with Gasteiger partial charge in [-0.1, -0.05) is 13.8 Å². The SMILES string of the molecule is CC(=O)OCC(=O)[C@@]1(O)CC[C@@H]2[C@@H]3CC[C@@H]4C[C@H](O)CC[C@]4(C)[C@@H]3[C@@H](O)C[C@@]21C. The van der Waals surface area contributed by atoms with Crippen LogP contribution in [-0.2, 0) is 14.3 Å². The summed E-state index contributed by atoms with van der Waals surface area (Å²) in [6, 6.07) is 0. The van der Waals surface area contributed by atoms with Gasteiger partial charge in [0.25, 0.3) is 0 Å². The van der Waals surface area contributed by atoms with E-state index in [1.165, 1.54) is 6.92 Å². The number of carbonyl (C=O) groups is 2. The minimum Gasteiger partial charge on any atom is -0.458 e. The predicted octanol–water partition coefficient (Wildman–Crippen LogP) is 2.22. The van der Waals surface area contributed by atoms with Crippen LogP contribution in [0.25, 0.3) is 0 Å². The molecule has 0 aromatic heterocycles. The molecule has 29 heavy (non-hydrogen) atoms. The van der Waals surface area contributed by atoms with Crippen LogP contribution in [-0.4, -0.2) is 51.5 Å². The third-order valence-electron chi connectivity index (χ3n) is 9.59. The summed E-state index contributed by atoms with van der Waals surface area (Å²) in [7, 11) is 0. The molecule has 0 amide bonds. The van der Waals surface area contributed by atoms with E-state index in [1.807, 2.05) is 6.92 Å². The second-order valence-electron chi connectivity index (χ2n) is 10.8. The average Bonchev–Trinajstić information content (AvgIpc) is 2.91. The Morgan fingerprint density at radius 3 is 2.48 bits per heavy atom. The Morgan fingerprint density at radius 2 is 1.79 bits per heavy atom. The fraction of sp³-hybridized carbons (Fsp3) is 0.913. The van der Waals surface area contributed by atoms with E-state index in [4.69, 9.17) is 4.74 Å². The number of hydrogen-bond donors (Lipinski definition) is 3. The van der Waals surface area contributed by atoms with E-state index in [2.05, 4.69) is 6.92 Å². The summed E-state index contributed by atoms with van der Waals surface area (Å²) in [4.78, 5) is 24.0. The lowest BCUT2D eigenvalue weighted by molar-refractivity contribution is -0.203. The number of aliphatic hydroxyl groups excluding tert-OH is 2. The lowest BCUT2D eigenvalue weighted by atomic mass is 9.43. The number of carbonyl (C=O) groups excluding carboxylic acids is 2.